The second kappa shape index (κ2) is 7.95. The van der Waals surface area contributed by atoms with Gasteiger partial charge in [0, 0.05) is 45.5 Å². The van der Waals surface area contributed by atoms with E-state index in [1.54, 1.807) is 6.20 Å². The van der Waals surface area contributed by atoms with Crippen molar-refractivity contribution in [2.75, 3.05) is 54.0 Å². The molecule has 0 spiro atoms. The van der Waals surface area contributed by atoms with Gasteiger partial charge in [0.05, 0.1) is 4.92 Å². The molecule has 2 aromatic heterocycles. The largest absolute Gasteiger partial charge is 0.353 e. The molecule has 0 N–H and O–H groups in total. The summed E-state index contributed by atoms with van der Waals surface area (Å²) >= 11 is 0. The highest BCUT2D eigenvalue weighted by atomic mass is 16.6. The summed E-state index contributed by atoms with van der Waals surface area (Å²) in [6, 6.07) is 5.85. The van der Waals surface area contributed by atoms with Gasteiger partial charge in [0.2, 0.25) is 11.6 Å². The lowest BCUT2D eigenvalue weighted by Crippen LogP contribution is -2.47. The van der Waals surface area contributed by atoms with E-state index in [0.29, 0.717) is 30.6 Å². The predicted molar refractivity (Wildman–Crippen MR) is 108 cm³/mol. The Labute approximate surface area is 164 Å². The van der Waals surface area contributed by atoms with Gasteiger partial charge in [-0.3, -0.25) is 10.1 Å². The molecule has 0 radical (unpaired) electrons. The molecule has 2 fully saturated rings. The van der Waals surface area contributed by atoms with Crippen molar-refractivity contribution in [3.8, 4) is 0 Å². The lowest BCUT2D eigenvalue weighted by Gasteiger charge is -2.36. The summed E-state index contributed by atoms with van der Waals surface area (Å²) in [5.74, 6) is 2.32. The van der Waals surface area contributed by atoms with Crippen LogP contribution in [0.3, 0.4) is 0 Å². The average Bonchev–Trinajstić information content (AvgIpc) is 2.74. The van der Waals surface area contributed by atoms with Crippen LogP contribution in [0.15, 0.2) is 30.7 Å². The van der Waals surface area contributed by atoms with E-state index in [1.165, 1.54) is 6.33 Å². The number of aromatic nitrogens is 3. The number of anilines is 3. The van der Waals surface area contributed by atoms with Crippen molar-refractivity contribution in [1.29, 1.82) is 0 Å². The monoisotopic (exact) mass is 383 g/mol. The number of nitro groups is 1. The molecule has 28 heavy (non-hydrogen) atoms. The molecule has 2 aromatic rings. The number of pyridine rings is 1. The molecule has 0 amide bonds. The van der Waals surface area contributed by atoms with Crippen LogP contribution < -0.4 is 14.7 Å². The van der Waals surface area contributed by atoms with E-state index in [9.17, 15) is 10.1 Å². The van der Waals surface area contributed by atoms with Gasteiger partial charge in [-0.2, -0.15) is 0 Å². The number of rotatable bonds is 4. The van der Waals surface area contributed by atoms with E-state index in [4.69, 9.17) is 0 Å². The quantitative estimate of drug-likeness (QED) is 0.587. The highest BCUT2D eigenvalue weighted by molar-refractivity contribution is 5.71. The Kier molecular flexibility index (Phi) is 5.23. The topological polar surface area (TPSA) is 91.5 Å². The Hall–Kier alpha value is -2.97. The molecule has 0 saturated carbocycles. The van der Waals surface area contributed by atoms with Crippen molar-refractivity contribution in [1.82, 2.24) is 15.0 Å². The van der Waals surface area contributed by atoms with E-state index in [2.05, 4.69) is 26.8 Å². The minimum atomic E-state index is -0.324. The van der Waals surface area contributed by atoms with Crippen LogP contribution in [0.2, 0.25) is 0 Å². The van der Waals surface area contributed by atoms with Crippen LogP contribution in [-0.4, -0.2) is 59.1 Å². The molecule has 1 atom stereocenters. The second-order valence-electron chi connectivity index (χ2n) is 7.48. The summed E-state index contributed by atoms with van der Waals surface area (Å²) in [4.78, 5) is 30.9. The molecule has 2 aliphatic rings. The van der Waals surface area contributed by atoms with Gasteiger partial charge in [-0.25, -0.2) is 15.0 Å². The maximum absolute atomic E-state index is 11.9. The minimum Gasteiger partial charge on any atom is -0.353 e. The van der Waals surface area contributed by atoms with Gasteiger partial charge in [0.15, 0.2) is 0 Å². The van der Waals surface area contributed by atoms with Crippen LogP contribution >= 0.6 is 0 Å². The SMILES string of the molecule is CC1CCCN(c2ncnc(N3CCN(c4ccccn4)CC3)c2[N+](=O)[O-])C1. The zero-order chi connectivity index (χ0) is 19.5. The zero-order valence-corrected chi connectivity index (χ0v) is 16.1. The molecule has 9 heteroatoms. The van der Waals surface area contributed by atoms with E-state index >= 15 is 0 Å². The molecular formula is C19H25N7O2. The number of piperazine rings is 1. The molecule has 4 heterocycles. The average molecular weight is 383 g/mol. The summed E-state index contributed by atoms with van der Waals surface area (Å²) in [6.45, 7) is 6.58. The molecule has 0 aromatic carbocycles. The van der Waals surface area contributed by atoms with Gasteiger partial charge in [-0.05, 0) is 30.9 Å². The van der Waals surface area contributed by atoms with Crippen molar-refractivity contribution in [2.45, 2.75) is 19.8 Å². The highest BCUT2D eigenvalue weighted by Gasteiger charge is 2.33. The van der Waals surface area contributed by atoms with Crippen LogP contribution in [-0.2, 0) is 0 Å². The van der Waals surface area contributed by atoms with Gasteiger partial charge >= 0.3 is 5.69 Å². The maximum Gasteiger partial charge on any atom is 0.353 e. The maximum atomic E-state index is 11.9. The zero-order valence-electron chi connectivity index (χ0n) is 16.1. The van der Waals surface area contributed by atoms with Gasteiger partial charge in [-0.15, -0.1) is 0 Å². The summed E-state index contributed by atoms with van der Waals surface area (Å²) < 4.78 is 0. The number of hydrogen-bond donors (Lipinski definition) is 0. The first-order chi connectivity index (χ1) is 13.6. The molecule has 1 unspecified atom stereocenters. The Morgan fingerprint density at radius 1 is 1.00 bits per heavy atom. The van der Waals surface area contributed by atoms with Crippen LogP contribution in [0.5, 0.6) is 0 Å². The Bertz CT molecular complexity index is 824. The van der Waals surface area contributed by atoms with Gasteiger partial charge < -0.3 is 14.7 Å². The first-order valence-electron chi connectivity index (χ1n) is 9.78. The smallest absolute Gasteiger partial charge is 0.353 e. The molecule has 4 rings (SSSR count). The molecule has 9 nitrogen and oxygen atoms in total. The number of hydrogen-bond acceptors (Lipinski definition) is 8. The van der Waals surface area contributed by atoms with Crippen molar-refractivity contribution >= 4 is 23.1 Å². The fraction of sp³-hybridized carbons (Fsp3) is 0.526. The Morgan fingerprint density at radius 2 is 1.71 bits per heavy atom. The number of piperidine rings is 1. The summed E-state index contributed by atoms with van der Waals surface area (Å²) in [7, 11) is 0. The normalized spacial score (nSPS) is 20.3. The molecular weight excluding hydrogens is 358 g/mol. The van der Waals surface area contributed by atoms with Gasteiger partial charge in [0.25, 0.3) is 0 Å². The third kappa shape index (κ3) is 3.69. The first kappa shape index (κ1) is 18.4. The van der Waals surface area contributed by atoms with Crippen LogP contribution in [0, 0.1) is 16.0 Å². The summed E-state index contributed by atoms with van der Waals surface area (Å²) in [5.41, 5.74) is 0.0305. The van der Waals surface area contributed by atoms with Crippen molar-refractivity contribution < 1.29 is 4.92 Å². The summed E-state index contributed by atoms with van der Waals surface area (Å²) in [6.07, 6.45) is 5.42. The fourth-order valence-corrected chi connectivity index (χ4v) is 4.06. The standard InChI is InChI=1S/C19H25N7O2/c1-15-5-4-8-25(13-15)19-17(26(27)28)18(21-14-22-19)24-11-9-23(10-12-24)16-6-2-3-7-20-16/h2-3,6-7,14-15H,4-5,8-13H2,1H3. The first-order valence-corrected chi connectivity index (χ1v) is 9.78. The van der Waals surface area contributed by atoms with Crippen molar-refractivity contribution in [3.63, 3.8) is 0 Å². The Balaban J connectivity index is 1.56. The van der Waals surface area contributed by atoms with E-state index in [1.807, 2.05) is 28.0 Å². The van der Waals surface area contributed by atoms with E-state index in [-0.39, 0.29) is 10.6 Å². The Morgan fingerprint density at radius 3 is 2.36 bits per heavy atom. The van der Waals surface area contributed by atoms with Crippen LogP contribution in [0.4, 0.5) is 23.1 Å². The van der Waals surface area contributed by atoms with E-state index in [0.717, 1.165) is 44.8 Å². The minimum absolute atomic E-state index is 0.0305. The number of nitrogens with zero attached hydrogens (tertiary/aromatic N) is 7. The molecule has 2 saturated heterocycles. The van der Waals surface area contributed by atoms with Crippen molar-refractivity contribution in [3.05, 3.63) is 40.8 Å². The van der Waals surface area contributed by atoms with Gasteiger partial charge in [-0.1, -0.05) is 13.0 Å². The molecule has 148 valence electrons. The lowest BCUT2D eigenvalue weighted by atomic mass is 10.0. The van der Waals surface area contributed by atoms with Gasteiger partial charge in [0.1, 0.15) is 12.1 Å². The molecule has 0 bridgehead atoms. The second-order valence-corrected chi connectivity index (χ2v) is 7.48. The third-order valence-corrected chi connectivity index (χ3v) is 5.48. The fourth-order valence-electron chi connectivity index (χ4n) is 4.06. The van der Waals surface area contributed by atoms with Crippen LogP contribution in [0.1, 0.15) is 19.8 Å². The van der Waals surface area contributed by atoms with Crippen molar-refractivity contribution in [2.24, 2.45) is 5.92 Å². The predicted octanol–water partition coefficient (Wildman–Crippen LogP) is 2.34. The van der Waals surface area contributed by atoms with Crippen LogP contribution in [0.25, 0.3) is 0 Å². The molecule has 0 aliphatic carbocycles. The summed E-state index contributed by atoms with van der Waals surface area (Å²) in [5, 5.41) is 11.9. The van der Waals surface area contributed by atoms with E-state index < -0.39 is 0 Å². The lowest BCUT2D eigenvalue weighted by molar-refractivity contribution is -0.383. The highest BCUT2D eigenvalue weighted by Crippen LogP contribution is 2.36. The third-order valence-electron chi connectivity index (χ3n) is 5.48. The molecule has 2 aliphatic heterocycles.